The lowest BCUT2D eigenvalue weighted by Crippen LogP contribution is -2.03. The number of aliphatic imine (C=N–C) groups is 1. The normalized spacial score (nSPS) is 12.8. The van der Waals surface area contributed by atoms with E-state index in [-0.39, 0.29) is 0 Å². The molecule has 0 atom stereocenters. The van der Waals surface area contributed by atoms with Crippen LogP contribution in [-0.4, -0.2) is 19.6 Å². The summed E-state index contributed by atoms with van der Waals surface area (Å²) in [6.45, 7) is 7.15. The molecule has 0 aromatic carbocycles. The first-order valence-corrected chi connectivity index (χ1v) is 5.57. The van der Waals surface area contributed by atoms with E-state index < -0.39 is 0 Å². The molecule has 0 spiro atoms. The Morgan fingerprint density at radius 2 is 2.38 bits per heavy atom. The molecule has 0 rings (SSSR count). The summed E-state index contributed by atoms with van der Waals surface area (Å²) in [5, 5.41) is 3.04. The quantitative estimate of drug-likeness (QED) is 0.451. The fourth-order valence-electron chi connectivity index (χ4n) is 0.658. The minimum atomic E-state index is 0.802. The SMILES string of the molecule is C=C/C(N=C)=C(\C=C\Br)SCNC. The summed E-state index contributed by atoms with van der Waals surface area (Å²) in [7, 11) is 1.90. The van der Waals surface area contributed by atoms with Gasteiger partial charge in [0.25, 0.3) is 0 Å². The summed E-state index contributed by atoms with van der Waals surface area (Å²) < 4.78 is 0. The lowest BCUT2D eigenvalue weighted by Gasteiger charge is -2.03. The Kier molecular flexibility index (Phi) is 8.08. The molecule has 0 aromatic heterocycles. The highest BCUT2D eigenvalue weighted by Crippen LogP contribution is 2.22. The molecule has 72 valence electrons. The second-order valence-corrected chi connectivity index (χ2v) is 3.59. The van der Waals surface area contributed by atoms with E-state index in [0.29, 0.717) is 0 Å². The van der Waals surface area contributed by atoms with Crippen LogP contribution in [0.5, 0.6) is 0 Å². The maximum Gasteiger partial charge on any atom is 0.0752 e. The van der Waals surface area contributed by atoms with E-state index in [1.807, 2.05) is 13.1 Å². The lowest BCUT2D eigenvalue weighted by molar-refractivity contribution is 0.984. The molecule has 0 aliphatic heterocycles. The first-order chi connectivity index (χ1) is 6.29. The van der Waals surface area contributed by atoms with Crippen LogP contribution in [-0.2, 0) is 0 Å². The molecule has 13 heavy (non-hydrogen) atoms. The molecule has 0 saturated carbocycles. The maximum absolute atomic E-state index is 3.87. The van der Waals surface area contributed by atoms with E-state index >= 15 is 0 Å². The monoisotopic (exact) mass is 260 g/mol. The Bertz CT molecular complexity index is 224. The predicted molar refractivity (Wildman–Crippen MR) is 66.4 cm³/mol. The van der Waals surface area contributed by atoms with Crippen molar-refractivity contribution < 1.29 is 0 Å². The van der Waals surface area contributed by atoms with Crippen LogP contribution < -0.4 is 5.32 Å². The molecule has 0 saturated heterocycles. The highest BCUT2D eigenvalue weighted by Gasteiger charge is 1.98. The van der Waals surface area contributed by atoms with Crippen molar-refractivity contribution in [1.82, 2.24) is 5.32 Å². The van der Waals surface area contributed by atoms with E-state index in [1.165, 1.54) is 0 Å². The van der Waals surface area contributed by atoms with Gasteiger partial charge in [0.05, 0.1) is 5.70 Å². The molecular weight excluding hydrogens is 248 g/mol. The third-order valence-corrected chi connectivity index (χ3v) is 2.56. The molecule has 0 amide bonds. The van der Waals surface area contributed by atoms with Gasteiger partial charge in [0.2, 0.25) is 0 Å². The van der Waals surface area contributed by atoms with E-state index in [4.69, 9.17) is 0 Å². The second kappa shape index (κ2) is 8.29. The molecule has 0 radical (unpaired) electrons. The maximum atomic E-state index is 3.87. The number of nitrogens with one attached hydrogen (secondary N) is 1. The van der Waals surface area contributed by atoms with Crippen LogP contribution >= 0.6 is 27.7 Å². The van der Waals surface area contributed by atoms with Gasteiger partial charge in [-0.1, -0.05) is 22.5 Å². The van der Waals surface area contributed by atoms with Crippen LogP contribution in [0.3, 0.4) is 0 Å². The van der Waals surface area contributed by atoms with Crippen molar-refractivity contribution >= 4 is 34.4 Å². The fourth-order valence-corrected chi connectivity index (χ4v) is 1.86. The van der Waals surface area contributed by atoms with Crippen molar-refractivity contribution in [2.24, 2.45) is 4.99 Å². The van der Waals surface area contributed by atoms with E-state index in [1.54, 1.807) is 22.8 Å². The zero-order chi connectivity index (χ0) is 10.1. The Hall–Kier alpha value is -0.320. The summed E-state index contributed by atoms with van der Waals surface area (Å²) >= 11 is 4.87. The van der Waals surface area contributed by atoms with Gasteiger partial charge in [-0.15, -0.1) is 11.8 Å². The van der Waals surface area contributed by atoms with Gasteiger partial charge in [-0.2, -0.15) is 0 Å². The van der Waals surface area contributed by atoms with Crippen molar-refractivity contribution in [3.63, 3.8) is 0 Å². The van der Waals surface area contributed by atoms with Crippen LogP contribution in [0.1, 0.15) is 0 Å². The van der Waals surface area contributed by atoms with Gasteiger partial charge < -0.3 is 5.32 Å². The number of nitrogens with zero attached hydrogens (tertiary/aromatic N) is 1. The van der Waals surface area contributed by atoms with Gasteiger partial charge >= 0.3 is 0 Å². The zero-order valence-corrected chi connectivity index (χ0v) is 9.99. The average Bonchev–Trinajstić information content (AvgIpc) is 2.16. The van der Waals surface area contributed by atoms with Gasteiger partial charge in [-0.25, -0.2) is 0 Å². The first kappa shape index (κ1) is 12.7. The summed E-state index contributed by atoms with van der Waals surface area (Å²) in [5.41, 5.74) is 0.802. The van der Waals surface area contributed by atoms with Gasteiger partial charge in [0, 0.05) is 10.8 Å². The van der Waals surface area contributed by atoms with E-state index in [9.17, 15) is 0 Å². The summed E-state index contributed by atoms with van der Waals surface area (Å²) in [6.07, 6.45) is 3.62. The highest BCUT2D eigenvalue weighted by molar-refractivity contribution is 9.11. The topological polar surface area (TPSA) is 24.4 Å². The predicted octanol–water partition coefficient (Wildman–Crippen LogP) is 2.90. The number of halogens is 1. The van der Waals surface area contributed by atoms with Crippen molar-refractivity contribution in [2.45, 2.75) is 0 Å². The fraction of sp³-hybridized carbons (Fsp3) is 0.222. The van der Waals surface area contributed by atoms with Crippen molar-refractivity contribution in [3.05, 3.63) is 34.3 Å². The van der Waals surface area contributed by atoms with Gasteiger partial charge in [-0.05, 0) is 30.9 Å². The standard InChI is InChI=1S/C9H13BrN2S/c1-4-8(12-3)9(5-6-10)13-7-11-2/h4-6,11H,1,3,7H2,2H3/b6-5+,9-8-. The molecule has 0 aliphatic carbocycles. The molecule has 0 fully saturated rings. The molecule has 0 bridgehead atoms. The minimum Gasteiger partial charge on any atom is -0.311 e. The largest absolute Gasteiger partial charge is 0.311 e. The Morgan fingerprint density at radius 3 is 2.77 bits per heavy atom. The molecule has 0 unspecified atom stereocenters. The van der Waals surface area contributed by atoms with Crippen molar-refractivity contribution in [3.8, 4) is 0 Å². The molecular formula is C9H13BrN2S. The number of allylic oxidation sites excluding steroid dienone is 2. The summed E-state index contributed by atoms with van der Waals surface area (Å²) in [4.78, 5) is 6.70. The Morgan fingerprint density at radius 1 is 1.69 bits per heavy atom. The van der Waals surface area contributed by atoms with Crippen LogP contribution in [0.25, 0.3) is 0 Å². The number of thioether (sulfide) groups is 1. The van der Waals surface area contributed by atoms with Crippen molar-refractivity contribution in [2.75, 3.05) is 12.9 Å². The Labute approximate surface area is 92.0 Å². The van der Waals surface area contributed by atoms with Crippen LogP contribution in [0.15, 0.2) is 39.3 Å². The molecule has 0 aromatic rings. The number of hydrogen-bond acceptors (Lipinski definition) is 3. The van der Waals surface area contributed by atoms with E-state index in [2.05, 4.69) is 39.5 Å². The molecule has 0 aliphatic rings. The minimum absolute atomic E-state index is 0.802. The molecule has 1 N–H and O–H groups in total. The number of hydrogen-bond donors (Lipinski definition) is 1. The second-order valence-electron chi connectivity index (χ2n) is 2.05. The third-order valence-electron chi connectivity index (χ3n) is 1.20. The van der Waals surface area contributed by atoms with Crippen LogP contribution in [0.2, 0.25) is 0 Å². The first-order valence-electron chi connectivity index (χ1n) is 3.67. The van der Waals surface area contributed by atoms with Gasteiger partial charge in [-0.3, -0.25) is 4.99 Å². The summed E-state index contributed by atoms with van der Waals surface area (Å²) in [5.74, 6) is 0.833. The van der Waals surface area contributed by atoms with Crippen molar-refractivity contribution in [1.29, 1.82) is 0 Å². The molecule has 2 nitrogen and oxygen atoms in total. The smallest absolute Gasteiger partial charge is 0.0752 e. The number of rotatable bonds is 6. The molecule has 4 heteroatoms. The highest BCUT2D eigenvalue weighted by atomic mass is 79.9. The molecule has 0 heterocycles. The average molecular weight is 261 g/mol. The van der Waals surface area contributed by atoms with Crippen LogP contribution in [0, 0.1) is 0 Å². The third kappa shape index (κ3) is 5.08. The summed E-state index contributed by atoms with van der Waals surface area (Å²) in [6, 6.07) is 0. The zero-order valence-electron chi connectivity index (χ0n) is 7.59. The van der Waals surface area contributed by atoms with Crippen LogP contribution in [0.4, 0.5) is 0 Å². The Balaban J connectivity index is 4.62. The van der Waals surface area contributed by atoms with E-state index in [0.717, 1.165) is 16.5 Å². The van der Waals surface area contributed by atoms with Gasteiger partial charge in [0.15, 0.2) is 0 Å². The lowest BCUT2D eigenvalue weighted by atomic mass is 10.4. The van der Waals surface area contributed by atoms with Gasteiger partial charge in [0.1, 0.15) is 0 Å².